The third kappa shape index (κ3) is 3.34. The molecule has 0 N–H and O–H groups in total. The van der Waals surface area contributed by atoms with Gasteiger partial charge in [0, 0.05) is 19.7 Å². The highest BCUT2D eigenvalue weighted by atomic mass is 32.1. The first kappa shape index (κ1) is 14.5. The van der Waals surface area contributed by atoms with Crippen LogP contribution in [-0.2, 0) is 4.74 Å². The van der Waals surface area contributed by atoms with Gasteiger partial charge in [-0.1, -0.05) is 32.1 Å². The van der Waals surface area contributed by atoms with Gasteiger partial charge >= 0.3 is 0 Å². The molecule has 5 heteroatoms. The monoisotopic (exact) mass is 282 g/mol. The summed E-state index contributed by atoms with van der Waals surface area (Å²) >= 11 is 1.51. The lowest BCUT2D eigenvalue weighted by Crippen LogP contribution is -2.31. The van der Waals surface area contributed by atoms with Crippen molar-refractivity contribution in [2.75, 3.05) is 24.6 Å². The van der Waals surface area contributed by atoms with Crippen molar-refractivity contribution in [2.24, 2.45) is 0 Å². The van der Waals surface area contributed by atoms with Crippen LogP contribution in [0.5, 0.6) is 0 Å². The van der Waals surface area contributed by atoms with Crippen LogP contribution in [0.4, 0.5) is 5.13 Å². The Kier molecular flexibility index (Phi) is 4.93. The van der Waals surface area contributed by atoms with Gasteiger partial charge in [0.1, 0.15) is 0 Å². The Morgan fingerprint density at radius 1 is 1.58 bits per heavy atom. The van der Waals surface area contributed by atoms with Crippen molar-refractivity contribution in [1.29, 1.82) is 0 Å². The third-order valence-electron chi connectivity index (χ3n) is 3.40. The zero-order valence-electron chi connectivity index (χ0n) is 11.9. The average Bonchev–Trinajstić information content (AvgIpc) is 2.70. The molecule has 1 aromatic rings. The summed E-state index contributed by atoms with van der Waals surface area (Å²) in [6.07, 6.45) is 3.24. The summed E-state index contributed by atoms with van der Waals surface area (Å²) in [6, 6.07) is 0. The number of rotatable bonds is 4. The minimum Gasteiger partial charge on any atom is -0.376 e. The van der Waals surface area contributed by atoms with Gasteiger partial charge in [-0.15, -0.1) is 0 Å². The van der Waals surface area contributed by atoms with Gasteiger partial charge in [-0.3, -0.25) is 4.79 Å². The Morgan fingerprint density at radius 2 is 2.37 bits per heavy atom. The predicted octanol–water partition coefficient (Wildman–Crippen LogP) is 3.08. The van der Waals surface area contributed by atoms with Crippen LogP contribution in [0.25, 0.3) is 0 Å². The van der Waals surface area contributed by atoms with E-state index >= 15 is 0 Å². The summed E-state index contributed by atoms with van der Waals surface area (Å²) in [6.45, 7) is 8.95. The van der Waals surface area contributed by atoms with Gasteiger partial charge < -0.3 is 9.64 Å². The van der Waals surface area contributed by atoms with E-state index in [1.165, 1.54) is 11.3 Å². The minimum absolute atomic E-state index is 0.272. The molecule has 1 atom stereocenters. The maximum absolute atomic E-state index is 11.1. The summed E-state index contributed by atoms with van der Waals surface area (Å²) in [4.78, 5) is 18.9. The first-order chi connectivity index (χ1) is 9.15. The van der Waals surface area contributed by atoms with Crippen LogP contribution in [0.2, 0.25) is 0 Å². The van der Waals surface area contributed by atoms with Crippen LogP contribution in [0.15, 0.2) is 0 Å². The van der Waals surface area contributed by atoms with Crippen LogP contribution in [-0.4, -0.2) is 37.1 Å². The SMILES string of the molecule is CCC1CN(c2nc(C(C)C)c(C=O)s2)CCCO1. The first-order valence-corrected chi connectivity index (χ1v) is 7.79. The van der Waals surface area contributed by atoms with Gasteiger partial charge in [-0.05, 0) is 18.8 Å². The molecule has 0 amide bonds. The molecule has 0 saturated carbocycles. The fourth-order valence-corrected chi connectivity index (χ4v) is 3.35. The lowest BCUT2D eigenvalue weighted by atomic mass is 10.1. The molecule has 0 spiro atoms. The lowest BCUT2D eigenvalue weighted by Gasteiger charge is -2.22. The fourth-order valence-electron chi connectivity index (χ4n) is 2.28. The third-order valence-corrected chi connectivity index (χ3v) is 4.46. The second-order valence-corrected chi connectivity index (χ2v) is 6.23. The van der Waals surface area contributed by atoms with Crippen LogP contribution >= 0.6 is 11.3 Å². The van der Waals surface area contributed by atoms with E-state index in [1.807, 2.05) is 0 Å². The van der Waals surface area contributed by atoms with Crippen LogP contribution in [0.1, 0.15) is 54.9 Å². The number of ether oxygens (including phenoxy) is 1. The molecule has 4 nitrogen and oxygen atoms in total. The number of anilines is 1. The van der Waals surface area contributed by atoms with Crippen molar-refractivity contribution in [3.05, 3.63) is 10.6 Å². The van der Waals surface area contributed by atoms with E-state index in [1.54, 1.807) is 0 Å². The van der Waals surface area contributed by atoms with Gasteiger partial charge in [0.25, 0.3) is 0 Å². The molecule has 0 radical (unpaired) electrons. The van der Waals surface area contributed by atoms with E-state index in [0.717, 1.165) is 54.5 Å². The number of hydrogen-bond acceptors (Lipinski definition) is 5. The van der Waals surface area contributed by atoms with Gasteiger partial charge in [0.15, 0.2) is 11.4 Å². The molecule has 1 aliphatic rings. The van der Waals surface area contributed by atoms with E-state index in [9.17, 15) is 4.79 Å². The van der Waals surface area contributed by atoms with E-state index < -0.39 is 0 Å². The molecule has 1 fully saturated rings. The summed E-state index contributed by atoms with van der Waals surface area (Å²) in [5.74, 6) is 0.287. The van der Waals surface area contributed by atoms with Gasteiger partial charge in [0.05, 0.1) is 16.7 Å². The molecule has 1 unspecified atom stereocenters. The molecule has 2 heterocycles. The molecule has 1 saturated heterocycles. The number of hydrogen-bond donors (Lipinski definition) is 0. The topological polar surface area (TPSA) is 42.4 Å². The molecule has 0 aliphatic carbocycles. The minimum atomic E-state index is 0.272. The Hall–Kier alpha value is -0.940. The number of nitrogens with zero attached hydrogens (tertiary/aromatic N) is 2. The number of thiazole rings is 1. The molecule has 19 heavy (non-hydrogen) atoms. The fraction of sp³-hybridized carbons (Fsp3) is 0.714. The Labute approximate surface area is 118 Å². The van der Waals surface area contributed by atoms with Crippen molar-refractivity contribution in [2.45, 2.75) is 45.6 Å². The maximum atomic E-state index is 11.1. The predicted molar refractivity (Wildman–Crippen MR) is 78.5 cm³/mol. The number of carbonyl (C=O) groups is 1. The van der Waals surface area contributed by atoms with Crippen molar-refractivity contribution >= 4 is 22.8 Å². The Bertz CT molecular complexity index is 431. The lowest BCUT2D eigenvalue weighted by molar-refractivity contribution is 0.0664. The van der Waals surface area contributed by atoms with Crippen molar-refractivity contribution in [3.63, 3.8) is 0 Å². The van der Waals surface area contributed by atoms with Gasteiger partial charge in [-0.2, -0.15) is 0 Å². The van der Waals surface area contributed by atoms with Crippen molar-refractivity contribution in [1.82, 2.24) is 4.98 Å². The molecular formula is C14H22N2O2S. The second-order valence-electron chi connectivity index (χ2n) is 5.22. The highest BCUT2D eigenvalue weighted by molar-refractivity contribution is 7.17. The summed E-state index contributed by atoms with van der Waals surface area (Å²) in [5, 5.41) is 0.967. The smallest absolute Gasteiger partial charge is 0.186 e. The molecule has 106 valence electrons. The summed E-state index contributed by atoms with van der Waals surface area (Å²) in [7, 11) is 0. The van der Waals surface area contributed by atoms with Crippen molar-refractivity contribution in [3.8, 4) is 0 Å². The summed E-state index contributed by atoms with van der Waals surface area (Å²) < 4.78 is 5.78. The molecular weight excluding hydrogens is 260 g/mol. The Morgan fingerprint density at radius 3 is 2.95 bits per heavy atom. The summed E-state index contributed by atoms with van der Waals surface area (Å²) in [5.41, 5.74) is 0.924. The largest absolute Gasteiger partial charge is 0.376 e. The average molecular weight is 282 g/mol. The zero-order chi connectivity index (χ0) is 13.8. The van der Waals surface area contributed by atoms with E-state index in [0.29, 0.717) is 0 Å². The van der Waals surface area contributed by atoms with Crippen LogP contribution in [0, 0.1) is 0 Å². The normalized spacial score (nSPS) is 20.6. The highest BCUT2D eigenvalue weighted by Crippen LogP contribution is 2.30. The maximum Gasteiger partial charge on any atom is 0.186 e. The highest BCUT2D eigenvalue weighted by Gasteiger charge is 2.22. The standard InChI is InChI=1S/C14H22N2O2S/c1-4-11-8-16(6-5-7-18-11)14-15-13(10(2)3)12(9-17)19-14/h9-11H,4-8H2,1-3H3. The van der Waals surface area contributed by atoms with E-state index in [-0.39, 0.29) is 12.0 Å². The van der Waals surface area contributed by atoms with Crippen LogP contribution < -0.4 is 4.90 Å². The van der Waals surface area contributed by atoms with E-state index in [4.69, 9.17) is 4.74 Å². The first-order valence-electron chi connectivity index (χ1n) is 6.98. The molecule has 0 bridgehead atoms. The molecule has 1 aliphatic heterocycles. The Balaban J connectivity index is 2.22. The molecule has 2 rings (SSSR count). The van der Waals surface area contributed by atoms with Gasteiger partial charge in [-0.25, -0.2) is 4.98 Å². The van der Waals surface area contributed by atoms with E-state index in [2.05, 4.69) is 30.7 Å². The molecule has 1 aromatic heterocycles. The number of aldehydes is 1. The second kappa shape index (κ2) is 6.48. The van der Waals surface area contributed by atoms with Crippen LogP contribution in [0.3, 0.4) is 0 Å². The number of aromatic nitrogens is 1. The van der Waals surface area contributed by atoms with Crippen molar-refractivity contribution < 1.29 is 9.53 Å². The molecule has 0 aromatic carbocycles. The zero-order valence-corrected chi connectivity index (χ0v) is 12.7. The van der Waals surface area contributed by atoms with Gasteiger partial charge in [0.2, 0.25) is 0 Å². The quantitative estimate of drug-likeness (QED) is 0.796. The number of carbonyl (C=O) groups excluding carboxylic acids is 1.